The van der Waals surface area contributed by atoms with Gasteiger partial charge in [-0.15, -0.1) is 0 Å². The number of amides is 2. The number of likely N-dealkylation sites (N-methyl/N-ethyl adjacent to an activating group) is 1. The molecule has 2 amide bonds. The monoisotopic (exact) mass is 525 g/mol. The highest BCUT2D eigenvalue weighted by molar-refractivity contribution is 6.30. The van der Waals surface area contributed by atoms with Crippen LogP contribution in [0.15, 0.2) is 42.5 Å². The van der Waals surface area contributed by atoms with Crippen molar-refractivity contribution in [1.82, 2.24) is 14.8 Å². The number of aromatic nitrogens is 1. The van der Waals surface area contributed by atoms with E-state index < -0.39 is 5.54 Å². The minimum Gasteiger partial charge on any atom is -0.508 e. The zero-order chi connectivity index (χ0) is 27.3. The third-order valence-electron chi connectivity index (χ3n) is 6.87. The summed E-state index contributed by atoms with van der Waals surface area (Å²) in [6.45, 7) is 10.00. The van der Waals surface area contributed by atoms with Crippen LogP contribution in [-0.4, -0.2) is 45.4 Å². The molecule has 0 aliphatic rings. The molecule has 1 heterocycles. The average Bonchev–Trinajstić information content (AvgIpc) is 3.15. The maximum Gasteiger partial charge on any atom is 0.262 e. The second kappa shape index (κ2) is 11.8. The summed E-state index contributed by atoms with van der Waals surface area (Å²) in [5.74, 6) is -0.864. The van der Waals surface area contributed by atoms with E-state index in [0.29, 0.717) is 58.7 Å². The van der Waals surface area contributed by atoms with Crippen molar-refractivity contribution < 1.29 is 19.5 Å². The first-order valence-corrected chi connectivity index (χ1v) is 13.2. The van der Waals surface area contributed by atoms with Crippen molar-refractivity contribution in [2.24, 2.45) is 0 Å². The van der Waals surface area contributed by atoms with Crippen molar-refractivity contribution in [3.8, 4) is 5.75 Å². The largest absolute Gasteiger partial charge is 0.508 e. The van der Waals surface area contributed by atoms with Gasteiger partial charge in [-0.3, -0.25) is 19.0 Å². The number of aromatic hydroxyl groups is 1. The van der Waals surface area contributed by atoms with Gasteiger partial charge in [0.25, 0.3) is 11.8 Å². The standard InChI is InChI=1S/C29H36ClN3O4/c1-6-9-10-17-29(31-20(5)34,28(37)32(7-2)8-3)26-19(4)33(25-16-15-23(35)18-24(25)26)27(36)21-11-13-22(30)14-12-21/h11-16,18,35H,6-10,17H2,1-5H3,(H,31,34). The Labute approximate surface area is 223 Å². The van der Waals surface area contributed by atoms with Crippen LogP contribution in [0.2, 0.25) is 5.02 Å². The lowest BCUT2D eigenvalue weighted by Crippen LogP contribution is -2.57. The van der Waals surface area contributed by atoms with E-state index in [0.717, 1.165) is 12.8 Å². The van der Waals surface area contributed by atoms with E-state index in [9.17, 15) is 19.5 Å². The number of nitrogens with one attached hydrogen (secondary N) is 1. The molecule has 8 heteroatoms. The van der Waals surface area contributed by atoms with Gasteiger partial charge in [-0.25, -0.2) is 0 Å². The third kappa shape index (κ3) is 5.52. The molecule has 2 aromatic carbocycles. The highest BCUT2D eigenvalue weighted by Crippen LogP contribution is 2.41. The number of carbonyl (C=O) groups is 3. The Balaban J connectivity index is 2.40. The van der Waals surface area contributed by atoms with E-state index >= 15 is 0 Å². The van der Waals surface area contributed by atoms with Gasteiger partial charge in [-0.2, -0.15) is 0 Å². The Kier molecular flexibility index (Phi) is 9.02. The Hall–Kier alpha value is -3.32. The minimum atomic E-state index is -1.41. The van der Waals surface area contributed by atoms with Gasteiger partial charge in [0.2, 0.25) is 5.91 Å². The molecule has 198 valence electrons. The molecule has 7 nitrogen and oxygen atoms in total. The lowest BCUT2D eigenvalue weighted by molar-refractivity contribution is -0.142. The van der Waals surface area contributed by atoms with Crippen LogP contribution in [-0.2, 0) is 15.1 Å². The molecule has 1 atom stereocenters. The van der Waals surface area contributed by atoms with E-state index in [1.54, 1.807) is 52.8 Å². The van der Waals surface area contributed by atoms with E-state index in [2.05, 4.69) is 12.2 Å². The number of phenols is 1. The fourth-order valence-electron chi connectivity index (χ4n) is 5.17. The summed E-state index contributed by atoms with van der Waals surface area (Å²) in [5.41, 5.74) is 0.627. The van der Waals surface area contributed by atoms with Crippen molar-refractivity contribution in [2.45, 2.75) is 65.8 Å². The van der Waals surface area contributed by atoms with Crippen LogP contribution in [0.5, 0.6) is 5.75 Å². The first-order chi connectivity index (χ1) is 17.6. The van der Waals surface area contributed by atoms with Gasteiger partial charge in [0.1, 0.15) is 11.3 Å². The fraction of sp³-hybridized carbons (Fsp3) is 0.414. The van der Waals surface area contributed by atoms with E-state index in [1.807, 2.05) is 13.8 Å². The molecule has 1 unspecified atom stereocenters. The minimum absolute atomic E-state index is 0.00501. The molecule has 0 aliphatic carbocycles. The van der Waals surface area contributed by atoms with Gasteiger partial charge >= 0.3 is 0 Å². The number of carbonyl (C=O) groups excluding carboxylic acids is 3. The van der Waals surface area contributed by atoms with Gasteiger partial charge in [0, 0.05) is 47.2 Å². The summed E-state index contributed by atoms with van der Waals surface area (Å²) < 4.78 is 1.55. The van der Waals surface area contributed by atoms with E-state index in [1.165, 1.54) is 13.0 Å². The van der Waals surface area contributed by atoms with Crippen molar-refractivity contribution in [2.75, 3.05) is 13.1 Å². The predicted molar refractivity (Wildman–Crippen MR) is 147 cm³/mol. The zero-order valence-corrected chi connectivity index (χ0v) is 23.0. The molecular formula is C29H36ClN3O4. The SMILES string of the molecule is CCCCCC(NC(C)=O)(C(=O)N(CC)CC)c1c(C)n(C(=O)c2ccc(Cl)cc2)c2ccc(O)cc12. The average molecular weight is 526 g/mol. The summed E-state index contributed by atoms with van der Waals surface area (Å²) in [4.78, 5) is 42.4. The number of unbranched alkanes of at least 4 members (excludes halogenated alkanes) is 2. The molecular weight excluding hydrogens is 490 g/mol. The molecule has 0 radical (unpaired) electrons. The predicted octanol–water partition coefficient (Wildman–Crippen LogP) is 5.78. The number of fused-ring (bicyclic) bond motifs is 1. The summed E-state index contributed by atoms with van der Waals surface area (Å²) in [5, 5.41) is 14.5. The number of hydrogen-bond donors (Lipinski definition) is 2. The summed E-state index contributed by atoms with van der Waals surface area (Å²) >= 11 is 6.04. The fourth-order valence-corrected chi connectivity index (χ4v) is 5.29. The first kappa shape index (κ1) is 28.3. The highest BCUT2D eigenvalue weighted by atomic mass is 35.5. The quantitative estimate of drug-likeness (QED) is 0.328. The van der Waals surface area contributed by atoms with Crippen LogP contribution in [0.4, 0.5) is 0 Å². The van der Waals surface area contributed by atoms with E-state index in [-0.39, 0.29) is 23.5 Å². The summed E-state index contributed by atoms with van der Waals surface area (Å²) in [7, 11) is 0. The lowest BCUT2D eigenvalue weighted by Gasteiger charge is -2.38. The van der Waals surface area contributed by atoms with Crippen molar-refractivity contribution in [3.05, 3.63) is 64.3 Å². The number of halogens is 1. The van der Waals surface area contributed by atoms with Gasteiger partial charge < -0.3 is 15.3 Å². The molecule has 3 rings (SSSR count). The molecule has 37 heavy (non-hydrogen) atoms. The number of hydrogen-bond acceptors (Lipinski definition) is 4. The van der Waals surface area contributed by atoms with Gasteiger partial charge in [-0.05, 0) is 69.7 Å². The second-order valence-electron chi connectivity index (χ2n) is 9.33. The number of nitrogens with zero attached hydrogens (tertiary/aromatic N) is 2. The summed E-state index contributed by atoms with van der Waals surface area (Å²) in [6.07, 6.45) is 2.87. The Morgan fingerprint density at radius 2 is 1.68 bits per heavy atom. The number of rotatable bonds is 10. The number of phenolic OH excluding ortho intramolecular Hbond substituents is 1. The number of benzene rings is 2. The van der Waals surface area contributed by atoms with Gasteiger partial charge in [0.05, 0.1) is 5.52 Å². The third-order valence-corrected chi connectivity index (χ3v) is 7.12. The molecule has 0 bridgehead atoms. The van der Waals surface area contributed by atoms with Crippen LogP contribution in [0.25, 0.3) is 10.9 Å². The first-order valence-electron chi connectivity index (χ1n) is 12.8. The molecule has 0 spiro atoms. The van der Waals surface area contributed by atoms with Crippen molar-refractivity contribution >= 4 is 40.2 Å². The zero-order valence-electron chi connectivity index (χ0n) is 22.2. The van der Waals surface area contributed by atoms with Crippen LogP contribution in [0.3, 0.4) is 0 Å². The van der Waals surface area contributed by atoms with Crippen LogP contribution in [0, 0.1) is 6.92 Å². The van der Waals surface area contributed by atoms with E-state index in [4.69, 9.17) is 11.6 Å². The maximum atomic E-state index is 14.3. The van der Waals surface area contributed by atoms with Gasteiger partial charge in [0.15, 0.2) is 0 Å². The molecule has 0 fully saturated rings. The normalized spacial score (nSPS) is 12.8. The lowest BCUT2D eigenvalue weighted by atomic mass is 9.81. The van der Waals surface area contributed by atoms with Crippen LogP contribution < -0.4 is 5.32 Å². The van der Waals surface area contributed by atoms with Crippen LogP contribution >= 0.6 is 11.6 Å². The maximum absolute atomic E-state index is 14.3. The Morgan fingerprint density at radius 1 is 1.03 bits per heavy atom. The molecule has 0 saturated carbocycles. The smallest absolute Gasteiger partial charge is 0.262 e. The second-order valence-corrected chi connectivity index (χ2v) is 9.77. The van der Waals surface area contributed by atoms with Crippen molar-refractivity contribution in [1.29, 1.82) is 0 Å². The Morgan fingerprint density at radius 3 is 2.24 bits per heavy atom. The van der Waals surface area contributed by atoms with Crippen molar-refractivity contribution in [3.63, 3.8) is 0 Å². The Bertz CT molecular complexity index is 1290. The van der Waals surface area contributed by atoms with Gasteiger partial charge in [-0.1, -0.05) is 37.8 Å². The summed E-state index contributed by atoms with van der Waals surface area (Å²) in [6, 6.07) is 11.4. The van der Waals surface area contributed by atoms with Crippen LogP contribution in [0.1, 0.15) is 75.0 Å². The molecule has 2 N–H and O–H groups in total. The topological polar surface area (TPSA) is 91.6 Å². The molecule has 0 saturated heterocycles. The molecule has 3 aromatic rings. The molecule has 1 aromatic heterocycles. The molecule has 0 aliphatic heterocycles. The highest BCUT2D eigenvalue weighted by Gasteiger charge is 2.46.